The summed E-state index contributed by atoms with van der Waals surface area (Å²) in [6, 6.07) is 8.15. The summed E-state index contributed by atoms with van der Waals surface area (Å²) in [5, 5.41) is 3.45. The first-order valence-corrected chi connectivity index (χ1v) is 11.3. The van der Waals surface area contributed by atoms with Crippen molar-refractivity contribution in [1.82, 2.24) is 10.2 Å². The summed E-state index contributed by atoms with van der Waals surface area (Å²) in [6.45, 7) is 9.84. The molecule has 2 aliphatic heterocycles. The maximum absolute atomic E-state index is 6.15. The van der Waals surface area contributed by atoms with Crippen LogP contribution >= 0.6 is 24.0 Å². The zero-order valence-electron chi connectivity index (χ0n) is 18.5. The minimum atomic E-state index is 0. The van der Waals surface area contributed by atoms with E-state index in [0.29, 0.717) is 25.4 Å². The van der Waals surface area contributed by atoms with E-state index in [1.165, 1.54) is 12.8 Å². The minimum absolute atomic E-state index is 0. The molecule has 3 rings (SSSR count). The fourth-order valence-corrected chi connectivity index (χ4v) is 3.93. The van der Waals surface area contributed by atoms with Crippen LogP contribution in [0.3, 0.4) is 0 Å². The summed E-state index contributed by atoms with van der Waals surface area (Å²) < 4.78 is 17.7. The number of guanidine groups is 1. The van der Waals surface area contributed by atoms with Gasteiger partial charge in [-0.05, 0) is 52.0 Å². The lowest BCUT2D eigenvalue weighted by Crippen LogP contribution is -2.47. The van der Waals surface area contributed by atoms with Crippen molar-refractivity contribution in [2.24, 2.45) is 4.99 Å². The first kappa shape index (κ1) is 25.2. The molecule has 1 aromatic rings. The predicted molar refractivity (Wildman–Crippen MR) is 132 cm³/mol. The van der Waals surface area contributed by atoms with Crippen LogP contribution in [0.2, 0.25) is 0 Å². The van der Waals surface area contributed by atoms with Gasteiger partial charge in [0.2, 0.25) is 0 Å². The third-order valence-corrected chi connectivity index (χ3v) is 5.54. The quantitative estimate of drug-likeness (QED) is 0.310. The van der Waals surface area contributed by atoms with Gasteiger partial charge < -0.3 is 24.4 Å². The first-order chi connectivity index (χ1) is 14.3. The Bertz CT molecular complexity index is 630. The van der Waals surface area contributed by atoms with E-state index in [-0.39, 0.29) is 24.0 Å². The number of para-hydroxylation sites is 1. The largest absolute Gasteiger partial charge is 0.494 e. The highest BCUT2D eigenvalue weighted by atomic mass is 127. The zero-order chi connectivity index (χ0) is 20.3. The van der Waals surface area contributed by atoms with E-state index >= 15 is 0 Å². The number of rotatable bonds is 8. The fraction of sp³-hybridized carbons (Fsp3) is 0.696. The monoisotopic (exact) mass is 531 g/mol. The average Bonchev–Trinajstić information content (AvgIpc) is 2.77. The van der Waals surface area contributed by atoms with Gasteiger partial charge in [0.15, 0.2) is 5.96 Å². The Labute approximate surface area is 198 Å². The van der Waals surface area contributed by atoms with E-state index < -0.39 is 0 Å². The predicted octanol–water partition coefficient (Wildman–Crippen LogP) is 4.22. The van der Waals surface area contributed by atoms with Gasteiger partial charge in [0.1, 0.15) is 5.75 Å². The standard InChI is InChI=1S/C23H37N3O3.HI/c1-3-24-23(25-17-19-9-5-6-11-22(19)27-4-2)26-14-12-20(13-15-26)29-18-21-10-7-8-16-28-21;/h5-6,9,11,20-21H,3-4,7-8,10,12-18H2,1-2H3,(H,24,25);1H. The van der Waals surface area contributed by atoms with Crippen molar-refractivity contribution < 1.29 is 14.2 Å². The summed E-state index contributed by atoms with van der Waals surface area (Å²) in [5.74, 6) is 1.90. The smallest absolute Gasteiger partial charge is 0.194 e. The molecule has 0 bridgehead atoms. The summed E-state index contributed by atoms with van der Waals surface area (Å²) in [4.78, 5) is 7.24. The van der Waals surface area contributed by atoms with Crippen LogP contribution in [0.15, 0.2) is 29.3 Å². The van der Waals surface area contributed by atoms with E-state index in [4.69, 9.17) is 19.2 Å². The van der Waals surface area contributed by atoms with Gasteiger partial charge >= 0.3 is 0 Å². The lowest BCUT2D eigenvalue weighted by molar-refractivity contribution is -0.0721. The van der Waals surface area contributed by atoms with Crippen molar-refractivity contribution >= 4 is 29.9 Å². The lowest BCUT2D eigenvalue weighted by atomic mass is 10.1. The van der Waals surface area contributed by atoms with E-state index in [0.717, 1.165) is 69.4 Å². The Morgan fingerprint density at radius 1 is 1.17 bits per heavy atom. The molecule has 170 valence electrons. The maximum Gasteiger partial charge on any atom is 0.194 e. The molecule has 0 saturated carbocycles. The Kier molecular flexibility index (Phi) is 11.8. The highest BCUT2D eigenvalue weighted by Gasteiger charge is 2.23. The summed E-state index contributed by atoms with van der Waals surface area (Å²) in [5.41, 5.74) is 1.12. The highest BCUT2D eigenvalue weighted by Crippen LogP contribution is 2.20. The molecule has 30 heavy (non-hydrogen) atoms. The van der Waals surface area contributed by atoms with E-state index in [2.05, 4.69) is 23.2 Å². The molecule has 1 unspecified atom stereocenters. The molecule has 2 saturated heterocycles. The van der Waals surface area contributed by atoms with Crippen molar-refractivity contribution in [2.45, 2.75) is 64.7 Å². The summed E-state index contributed by atoms with van der Waals surface area (Å²) in [6.07, 6.45) is 6.29. The summed E-state index contributed by atoms with van der Waals surface area (Å²) in [7, 11) is 0. The third-order valence-electron chi connectivity index (χ3n) is 5.54. The van der Waals surface area contributed by atoms with Gasteiger partial charge in [-0.2, -0.15) is 0 Å². The minimum Gasteiger partial charge on any atom is -0.494 e. The Morgan fingerprint density at radius 2 is 1.97 bits per heavy atom. The molecular formula is C23H38IN3O3. The Hall–Kier alpha value is -1.06. The van der Waals surface area contributed by atoms with Gasteiger partial charge in [-0.15, -0.1) is 24.0 Å². The number of piperidine rings is 1. The number of halogens is 1. The van der Waals surface area contributed by atoms with Crippen molar-refractivity contribution in [3.63, 3.8) is 0 Å². The lowest BCUT2D eigenvalue weighted by Gasteiger charge is -2.35. The topological polar surface area (TPSA) is 55.3 Å². The molecule has 2 fully saturated rings. The molecule has 0 aliphatic carbocycles. The number of hydrogen-bond donors (Lipinski definition) is 1. The molecule has 2 heterocycles. The molecule has 0 spiro atoms. The molecule has 0 aromatic heterocycles. The van der Waals surface area contributed by atoms with Crippen LogP contribution in [0.5, 0.6) is 5.75 Å². The van der Waals surface area contributed by atoms with Gasteiger partial charge in [0, 0.05) is 31.8 Å². The highest BCUT2D eigenvalue weighted by molar-refractivity contribution is 14.0. The van der Waals surface area contributed by atoms with Crippen molar-refractivity contribution in [1.29, 1.82) is 0 Å². The fourth-order valence-electron chi connectivity index (χ4n) is 3.93. The number of likely N-dealkylation sites (tertiary alicyclic amines) is 1. The number of nitrogens with one attached hydrogen (secondary N) is 1. The van der Waals surface area contributed by atoms with Crippen molar-refractivity contribution in [3.8, 4) is 5.75 Å². The molecule has 0 amide bonds. The molecule has 1 N–H and O–H groups in total. The molecule has 6 nitrogen and oxygen atoms in total. The molecular weight excluding hydrogens is 493 g/mol. The molecule has 2 aliphatic rings. The number of hydrogen-bond acceptors (Lipinski definition) is 4. The Balaban J connectivity index is 0.00000320. The average molecular weight is 531 g/mol. The van der Waals surface area contributed by atoms with Crippen LogP contribution in [0.1, 0.15) is 51.5 Å². The number of benzene rings is 1. The molecule has 1 atom stereocenters. The third kappa shape index (κ3) is 7.89. The van der Waals surface area contributed by atoms with E-state index in [9.17, 15) is 0 Å². The molecule has 1 aromatic carbocycles. The normalized spacial score (nSPS) is 20.5. The van der Waals surface area contributed by atoms with Crippen LogP contribution in [-0.4, -0.2) is 62.5 Å². The molecule has 7 heteroatoms. The SMILES string of the molecule is CCNC(=NCc1ccccc1OCC)N1CCC(OCC2CCCCO2)CC1.I. The van der Waals surface area contributed by atoms with Crippen LogP contribution in [0.4, 0.5) is 0 Å². The van der Waals surface area contributed by atoms with E-state index in [1.807, 2.05) is 25.1 Å². The van der Waals surface area contributed by atoms with Crippen molar-refractivity contribution in [2.75, 3.05) is 39.5 Å². The number of ether oxygens (including phenoxy) is 3. The van der Waals surface area contributed by atoms with Crippen LogP contribution in [0, 0.1) is 0 Å². The zero-order valence-corrected chi connectivity index (χ0v) is 20.8. The number of nitrogens with zero attached hydrogens (tertiary/aromatic N) is 2. The van der Waals surface area contributed by atoms with Crippen LogP contribution in [0.25, 0.3) is 0 Å². The second-order valence-corrected chi connectivity index (χ2v) is 7.72. The van der Waals surface area contributed by atoms with Gasteiger partial charge in [-0.3, -0.25) is 0 Å². The maximum atomic E-state index is 6.15. The van der Waals surface area contributed by atoms with Crippen molar-refractivity contribution in [3.05, 3.63) is 29.8 Å². The van der Waals surface area contributed by atoms with Crippen LogP contribution < -0.4 is 10.1 Å². The van der Waals surface area contributed by atoms with Gasteiger partial charge in [0.25, 0.3) is 0 Å². The molecule has 0 radical (unpaired) electrons. The first-order valence-electron chi connectivity index (χ1n) is 11.3. The van der Waals surface area contributed by atoms with Gasteiger partial charge in [0.05, 0.1) is 32.0 Å². The van der Waals surface area contributed by atoms with E-state index in [1.54, 1.807) is 0 Å². The van der Waals surface area contributed by atoms with Gasteiger partial charge in [-0.1, -0.05) is 18.2 Å². The van der Waals surface area contributed by atoms with Crippen LogP contribution in [-0.2, 0) is 16.0 Å². The Morgan fingerprint density at radius 3 is 2.67 bits per heavy atom. The van der Waals surface area contributed by atoms with Gasteiger partial charge in [-0.25, -0.2) is 4.99 Å². The summed E-state index contributed by atoms with van der Waals surface area (Å²) >= 11 is 0. The number of aliphatic imine (C=N–C) groups is 1. The second-order valence-electron chi connectivity index (χ2n) is 7.72. The second kappa shape index (κ2) is 14.1.